The molecule has 2 aliphatic rings. The first-order valence-corrected chi connectivity index (χ1v) is 7.27. The molecule has 2 rings (SSSR count). The Kier molecular flexibility index (Phi) is 4.62. The lowest BCUT2D eigenvalue weighted by Gasteiger charge is -2.40. The fraction of sp³-hybridized carbons (Fsp3) is 0.929. The van der Waals surface area contributed by atoms with Gasteiger partial charge in [0, 0.05) is 19.2 Å². The molecule has 0 saturated carbocycles. The highest BCUT2D eigenvalue weighted by atomic mass is 16.5. The number of piperidine rings is 1. The molecule has 18 heavy (non-hydrogen) atoms. The normalized spacial score (nSPS) is 32.8. The van der Waals surface area contributed by atoms with Gasteiger partial charge in [-0.05, 0) is 59.0 Å². The number of rotatable bonds is 4. The zero-order valence-corrected chi connectivity index (χ0v) is 11.7. The predicted molar refractivity (Wildman–Crippen MR) is 71.5 cm³/mol. The van der Waals surface area contributed by atoms with Crippen molar-refractivity contribution in [1.29, 1.82) is 0 Å². The van der Waals surface area contributed by atoms with E-state index in [1.54, 1.807) is 0 Å². The number of nitrogens with one attached hydrogen (secondary N) is 1. The fourth-order valence-corrected chi connectivity index (χ4v) is 3.13. The van der Waals surface area contributed by atoms with E-state index in [2.05, 4.69) is 10.2 Å². The van der Waals surface area contributed by atoms with Gasteiger partial charge in [-0.1, -0.05) is 0 Å². The lowest BCUT2D eigenvalue weighted by atomic mass is 9.94. The first-order chi connectivity index (χ1) is 8.67. The Morgan fingerprint density at radius 1 is 1.44 bits per heavy atom. The quantitative estimate of drug-likeness (QED) is 0.827. The van der Waals surface area contributed by atoms with Crippen molar-refractivity contribution >= 4 is 5.91 Å². The van der Waals surface area contributed by atoms with E-state index in [1.807, 2.05) is 14.0 Å². The minimum Gasteiger partial charge on any atom is -0.365 e. The number of likely N-dealkylation sites (tertiary alicyclic amines) is 1. The van der Waals surface area contributed by atoms with Crippen LogP contribution in [0.2, 0.25) is 0 Å². The Morgan fingerprint density at radius 2 is 2.28 bits per heavy atom. The van der Waals surface area contributed by atoms with Crippen LogP contribution in [0.5, 0.6) is 0 Å². The van der Waals surface area contributed by atoms with Crippen molar-refractivity contribution in [1.82, 2.24) is 10.2 Å². The van der Waals surface area contributed by atoms with Crippen LogP contribution in [0.15, 0.2) is 0 Å². The van der Waals surface area contributed by atoms with Gasteiger partial charge in [-0.2, -0.15) is 0 Å². The van der Waals surface area contributed by atoms with Gasteiger partial charge in [0.25, 0.3) is 5.91 Å². The number of ether oxygens (including phenoxy) is 1. The van der Waals surface area contributed by atoms with Gasteiger partial charge in [0.1, 0.15) is 5.60 Å². The summed E-state index contributed by atoms with van der Waals surface area (Å²) in [5.41, 5.74) is -0.546. The van der Waals surface area contributed by atoms with Crippen molar-refractivity contribution in [2.45, 2.75) is 57.1 Å². The van der Waals surface area contributed by atoms with Crippen LogP contribution in [0.4, 0.5) is 0 Å². The van der Waals surface area contributed by atoms with Crippen molar-refractivity contribution in [2.24, 2.45) is 0 Å². The van der Waals surface area contributed by atoms with E-state index < -0.39 is 5.60 Å². The average Bonchev–Trinajstić information content (AvgIpc) is 2.84. The Hall–Kier alpha value is -0.610. The summed E-state index contributed by atoms with van der Waals surface area (Å²) in [6.45, 7) is 4.58. The Balaban J connectivity index is 2.01. The molecular formula is C14H26N2O2. The molecule has 0 spiro atoms. The number of amides is 1. The van der Waals surface area contributed by atoms with Gasteiger partial charge < -0.3 is 15.0 Å². The minimum atomic E-state index is -0.546. The van der Waals surface area contributed by atoms with Crippen molar-refractivity contribution in [3.05, 3.63) is 0 Å². The van der Waals surface area contributed by atoms with Gasteiger partial charge in [-0.15, -0.1) is 0 Å². The molecule has 0 aromatic heterocycles. The number of nitrogens with zero attached hydrogens (tertiary/aromatic N) is 1. The zero-order valence-electron chi connectivity index (χ0n) is 11.7. The van der Waals surface area contributed by atoms with Crippen LogP contribution in [-0.2, 0) is 9.53 Å². The van der Waals surface area contributed by atoms with Crippen LogP contribution in [0.3, 0.4) is 0 Å². The summed E-state index contributed by atoms with van der Waals surface area (Å²) in [5, 5.41) is 3.18. The third-order valence-corrected chi connectivity index (χ3v) is 4.29. The van der Waals surface area contributed by atoms with Crippen molar-refractivity contribution < 1.29 is 9.53 Å². The number of carbonyl (C=O) groups is 1. The van der Waals surface area contributed by atoms with Crippen molar-refractivity contribution in [3.63, 3.8) is 0 Å². The van der Waals surface area contributed by atoms with Crippen LogP contribution in [0.25, 0.3) is 0 Å². The smallest absolute Gasteiger partial charge is 0.254 e. The molecule has 2 heterocycles. The molecule has 0 aromatic carbocycles. The molecule has 1 N–H and O–H groups in total. The van der Waals surface area contributed by atoms with Crippen LogP contribution >= 0.6 is 0 Å². The highest BCUT2D eigenvalue weighted by Crippen LogP contribution is 2.30. The van der Waals surface area contributed by atoms with Gasteiger partial charge in [0.2, 0.25) is 0 Å². The molecule has 104 valence electrons. The summed E-state index contributed by atoms with van der Waals surface area (Å²) in [6, 6.07) is 0.403. The van der Waals surface area contributed by atoms with E-state index in [0.29, 0.717) is 6.04 Å². The minimum absolute atomic E-state index is 0.223. The van der Waals surface area contributed by atoms with Gasteiger partial charge in [0.15, 0.2) is 0 Å². The van der Waals surface area contributed by atoms with Gasteiger partial charge in [0.05, 0.1) is 0 Å². The van der Waals surface area contributed by atoms with Crippen LogP contribution in [0.1, 0.15) is 45.4 Å². The maximum Gasteiger partial charge on any atom is 0.254 e. The topological polar surface area (TPSA) is 41.6 Å². The van der Waals surface area contributed by atoms with Crippen LogP contribution < -0.4 is 5.32 Å². The van der Waals surface area contributed by atoms with E-state index in [0.717, 1.165) is 51.8 Å². The molecule has 2 unspecified atom stereocenters. The maximum absolute atomic E-state index is 12.7. The molecule has 4 nitrogen and oxygen atoms in total. The largest absolute Gasteiger partial charge is 0.365 e. The SMILES string of the molecule is CNCCC1CCCCN1C(=O)C1(C)CCCO1. The molecule has 4 heteroatoms. The van der Waals surface area contributed by atoms with Crippen LogP contribution in [-0.4, -0.2) is 49.2 Å². The Bertz CT molecular complexity index is 288. The van der Waals surface area contributed by atoms with E-state index in [9.17, 15) is 4.79 Å². The molecule has 2 fully saturated rings. The van der Waals surface area contributed by atoms with E-state index in [-0.39, 0.29) is 5.91 Å². The number of carbonyl (C=O) groups excluding carboxylic acids is 1. The lowest BCUT2D eigenvalue weighted by molar-refractivity contribution is -0.155. The van der Waals surface area contributed by atoms with Gasteiger partial charge in [-0.25, -0.2) is 0 Å². The average molecular weight is 254 g/mol. The third-order valence-electron chi connectivity index (χ3n) is 4.29. The second-order valence-electron chi connectivity index (χ2n) is 5.72. The number of hydrogen-bond acceptors (Lipinski definition) is 3. The summed E-state index contributed by atoms with van der Waals surface area (Å²) < 4.78 is 5.70. The van der Waals surface area contributed by atoms with E-state index >= 15 is 0 Å². The first kappa shape index (κ1) is 13.8. The summed E-state index contributed by atoms with van der Waals surface area (Å²) in [6.07, 6.45) is 6.47. The highest BCUT2D eigenvalue weighted by molar-refractivity contribution is 5.85. The van der Waals surface area contributed by atoms with E-state index in [1.165, 1.54) is 6.42 Å². The third kappa shape index (κ3) is 2.86. The monoisotopic (exact) mass is 254 g/mol. The molecule has 2 saturated heterocycles. The summed E-state index contributed by atoms with van der Waals surface area (Å²) >= 11 is 0. The fourth-order valence-electron chi connectivity index (χ4n) is 3.13. The first-order valence-electron chi connectivity index (χ1n) is 7.27. The molecule has 2 aliphatic heterocycles. The number of hydrogen-bond donors (Lipinski definition) is 1. The summed E-state index contributed by atoms with van der Waals surface area (Å²) in [7, 11) is 1.97. The maximum atomic E-state index is 12.7. The van der Waals surface area contributed by atoms with Gasteiger partial charge >= 0.3 is 0 Å². The molecule has 0 aliphatic carbocycles. The molecule has 0 radical (unpaired) electrons. The predicted octanol–water partition coefficient (Wildman–Crippen LogP) is 1.55. The lowest BCUT2D eigenvalue weighted by Crippen LogP contribution is -2.53. The summed E-state index contributed by atoms with van der Waals surface area (Å²) in [5.74, 6) is 0.223. The molecule has 1 amide bonds. The van der Waals surface area contributed by atoms with Crippen molar-refractivity contribution in [3.8, 4) is 0 Å². The zero-order chi connectivity index (χ0) is 13.0. The molecule has 0 bridgehead atoms. The van der Waals surface area contributed by atoms with Crippen LogP contribution in [0, 0.1) is 0 Å². The van der Waals surface area contributed by atoms with Crippen molar-refractivity contribution in [2.75, 3.05) is 26.7 Å². The molecule has 2 atom stereocenters. The second-order valence-corrected chi connectivity index (χ2v) is 5.72. The Labute approximate surface area is 110 Å². The highest BCUT2D eigenvalue weighted by Gasteiger charge is 2.42. The molecule has 0 aromatic rings. The Morgan fingerprint density at radius 3 is 2.94 bits per heavy atom. The molecular weight excluding hydrogens is 228 g/mol. The van der Waals surface area contributed by atoms with E-state index in [4.69, 9.17) is 4.74 Å². The summed E-state index contributed by atoms with van der Waals surface area (Å²) in [4.78, 5) is 14.8. The van der Waals surface area contributed by atoms with Gasteiger partial charge in [-0.3, -0.25) is 4.79 Å². The standard InChI is InChI=1S/C14H26N2O2/c1-14(8-5-11-18-14)13(17)16-10-4-3-6-12(16)7-9-15-2/h12,15H,3-11H2,1-2H3. The second kappa shape index (κ2) is 6.02.